The Hall–Kier alpha value is -3.98. The van der Waals surface area contributed by atoms with Gasteiger partial charge in [0.15, 0.2) is 5.69 Å². The van der Waals surface area contributed by atoms with Crippen molar-refractivity contribution in [3.63, 3.8) is 0 Å². The number of halogens is 10. The first-order valence-electron chi connectivity index (χ1n) is 16.9. The second kappa shape index (κ2) is 22.2. The van der Waals surface area contributed by atoms with Gasteiger partial charge < -0.3 is 0 Å². The highest BCUT2D eigenvalue weighted by atomic mass is 35.5. The fourth-order valence-corrected chi connectivity index (χ4v) is 9.53. The van der Waals surface area contributed by atoms with E-state index in [1.165, 1.54) is 34.8 Å². The van der Waals surface area contributed by atoms with Gasteiger partial charge in [0.2, 0.25) is 0 Å². The van der Waals surface area contributed by atoms with E-state index in [1.807, 2.05) is 52.0 Å². The highest BCUT2D eigenvalue weighted by Gasteiger charge is 2.35. The number of alkyl halides is 8. The average Bonchev–Trinajstić information content (AvgIpc) is 3.73. The van der Waals surface area contributed by atoms with Crippen molar-refractivity contribution in [2.24, 2.45) is 0 Å². The van der Waals surface area contributed by atoms with Crippen LogP contribution in [0.4, 0.5) is 40.8 Å². The molecule has 18 heteroatoms. The Bertz CT molecular complexity index is 2460. The van der Waals surface area contributed by atoms with E-state index < -0.39 is 35.1 Å². The maximum Gasteiger partial charge on any atom is 0.419 e. The van der Waals surface area contributed by atoms with Gasteiger partial charge in [-0.2, -0.15) is 26.3 Å². The number of carbonyl (C=O) groups is 1. The van der Waals surface area contributed by atoms with Crippen LogP contribution < -0.4 is 0 Å². The molecule has 0 aliphatic carbocycles. The van der Waals surface area contributed by atoms with Crippen molar-refractivity contribution in [2.75, 3.05) is 5.34 Å². The minimum absolute atomic E-state index is 0. The Balaban J connectivity index is 0.000000296. The van der Waals surface area contributed by atoms with Crippen LogP contribution in [-0.2, 0) is 23.9 Å². The third kappa shape index (κ3) is 13.5. The first kappa shape index (κ1) is 50.4. The lowest BCUT2D eigenvalue weighted by Gasteiger charge is -2.08. The number of hydrogen-bond acceptors (Lipinski definition) is 7. The molecule has 0 aliphatic rings. The highest BCUT2D eigenvalue weighted by molar-refractivity contribution is 7.99. The lowest BCUT2D eigenvalue weighted by Crippen LogP contribution is -2.07. The summed E-state index contributed by atoms with van der Waals surface area (Å²) in [4.78, 5) is 27.0. The Kier molecular flexibility index (Phi) is 18.6. The number of hydrogen-bond donors (Lipinski definition) is 0. The average molecular weight is 949 g/mol. The summed E-state index contributed by atoms with van der Waals surface area (Å²) in [6.07, 6.45) is -8.63. The van der Waals surface area contributed by atoms with E-state index in [0.717, 1.165) is 72.6 Å². The summed E-state index contributed by atoms with van der Waals surface area (Å²) < 4.78 is 104. The van der Waals surface area contributed by atoms with Crippen LogP contribution in [0.5, 0.6) is 0 Å². The van der Waals surface area contributed by atoms with Gasteiger partial charge in [-0.15, -0.1) is 69.4 Å². The Morgan fingerprint density at radius 1 is 0.683 bits per heavy atom. The van der Waals surface area contributed by atoms with Crippen molar-refractivity contribution in [2.45, 2.75) is 68.8 Å². The molecule has 6 aromatic rings. The van der Waals surface area contributed by atoms with Crippen molar-refractivity contribution >= 4 is 81.4 Å². The van der Waals surface area contributed by atoms with Crippen LogP contribution in [0.3, 0.4) is 0 Å². The maximum atomic E-state index is 13.8. The molecular formula is C42H35Cl2F8N3OS4. The number of benzene rings is 4. The van der Waals surface area contributed by atoms with E-state index in [4.69, 9.17) is 29.8 Å². The summed E-state index contributed by atoms with van der Waals surface area (Å²) in [5, 5.41) is 1.16. The summed E-state index contributed by atoms with van der Waals surface area (Å²) in [7, 11) is 0. The van der Waals surface area contributed by atoms with Crippen LogP contribution >= 0.6 is 69.4 Å². The smallest absolute Gasteiger partial charge is 0.298 e. The van der Waals surface area contributed by atoms with Crippen molar-refractivity contribution in [3.05, 3.63) is 145 Å². The third-order valence-corrected chi connectivity index (χ3v) is 13.0. The fourth-order valence-electron chi connectivity index (χ4n) is 5.14. The van der Waals surface area contributed by atoms with Gasteiger partial charge in [-0.25, -0.2) is 23.6 Å². The van der Waals surface area contributed by atoms with E-state index in [9.17, 15) is 39.9 Å². The van der Waals surface area contributed by atoms with Crippen LogP contribution in [0.1, 0.15) is 61.2 Å². The monoisotopic (exact) mass is 947 g/mol. The van der Waals surface area contributed by atoms with Crippen molar-refractivity contribution in [1.29, 1.82) is 0 Å². The van der Waals surface area contributed by atoms with Crippen LogP contribution in [0.25, 0.3) is 26.0 Å². The first-order valence-corrected chi connectivity index (χ1v) is 21.5. The molecular weight excluding hydrogens is 914 g/mol. The number of aryl methyl sites for hydroxylation is 4. The van der Waals surface area contributed by atoms with Gasteiger partial charge in [0.25, 0.3) is 0 Å². The highest BCUT2D eigenvalue weighted by Crippen LogP contribution is 2.39. The summed E-state index contributed by atoms with van der Waals surface area (Å²) >= 11 is 15.3. The lowest BCUT2D eigenvalue weighted by atomic mass is 10.1. The molecule has 0 bridgehead atoms. The lowest BCUT2D eigenvalue weighted by molar-refractivity contribution is -0.140. The summed E-state index contributed by atoms with van der Waals surface area (Å²) in [6.45, 7) is 14.5. The van der Waals surface area contributed by atoms with Gasteiger partial charge in [0.05, 0.1) is 34.4 Å². The zero-order valence-electron chi connectivity index (χ0n) is 31.3. The first-order chi connectivity index (χ1) is 27.8. The predicted octanol–water partition coefficient (Wildman–Crippen LogP) is 16.2. The molecule has 2 aromatic heterocycles. The van der Waals surface area contributed by atoms with E-state index >= 15 is 0 Å². The van der Waals surface area contributed by atoms with Crippen LogP contribution in [-0.4, -0.2) is 21.6 Å². The molecule has 0 spiro atoms. The molecule has 0 radical (unpaired) electrons. The minimum atomic E-state index is -4.72. The van der Waals surface area contributed by atoms with Gasteiger partial charge in [0.1, 0.15) is 27.9 Å². The molecule has 4 nitrogen and oxygen atoms in total. The molecule has 0 N–H and O–H groups in total. The van der Waals surface area contributed by atoms with Gasteiger partial charge in [0, 0.05) is 47.7 Å². The molecule has 0 amide bonds. The second-order valence-electron chi connectivity index (χ2n) is 12.3. The fraction of sp³-hybridized carbons (Fsp3) is 0.238. The number of carbonyl (C=O) groups excluding carboxylic acids is 1. The van der Waals surface area contributed by atoms with Gasteiger partial charge in [-0.1, -0.05) is 43.8 Å². The van der Waals surface area contributed by atoms with Crippen LogP contribution in [0.15, 0.2) is 82.6 Å². The predicted molar refractivity (Wildman–Crippen MR) is 231 cm³/mol. The molecule has 0 atom stereocenters. The largest absolute Gasteiger partial charge is 0.419 e. The number of aromatic nitrogens is 2. The molecule has 0 fully saturated rings. The molecule has 0 unspecified atom stereocenters. The van der Waals surface area contributed by atoms with Crippen molar-refractivity contribution in [3.8, 4) is 21.1 Å². The van der Waals surface area contributed by atoms with Crippen molar-refractivity contribution in [1.82, 2.24) is 9.97 Å². The number of rotatable bonds is 9. The minimum Gasteiger partial charge on any atom is -0.298 e. The quantitative estimate of drug-likeness (QED) is 0.0475. The maximum absolute atomic E-state index is 13.8. The molecule has 0 saturated carbocycles. The van der Waals surface area contributed by atoms with Gasteiger partial charge >= 0.3 is 12.4 Å². The van der Waals surface area contributed by atoms with E-state index in [0.29, 0.717) is 43.9 Å². The number of nitrogens with zero attached hydrogens (tertiary/aromatic N) is 3. The summed E-state index contributed by atoms with van der Waals surface area (Å²) in [5.41, 5.74) is 2.66. The summed E-state index contributed by atoms with van der Waals surface area (Å²) in [5.74, 6) is -1.36. The SMILES string of the molecule is C.Cc1cc(SCc2sc(-c3ccc(C(F)(F)F)c(F)c3)nc2C)ccc1C=O.ClCCl.[C-]#[N+]c1ccc(SCc2sc(-c3ccc(C(F)(F)F)c(F)c3)nc2C)cc1C. The molecule has 318 valence electrons. The summed E-state index contributed by atoms with van der Waals surface area (Å²) in [6, 6.07) is 16.9. The van der Waals surface area contributed by atoms with Crippen molar-refractivity contribution < 1.29 is 39.9 Å². The Morgan fingerprint density at radius 3 is 1.45 bits per heavy atom. The molecule has 4 aromatic carbocycles. The van der Waals surface area contributed by atoms with Crippen LogP contribution in [0.2, 0.25) is 0 Å². The molecule has 2 heterocycles. The molecule has 0 saturated heterocycles. The van der Waals surface area contributed by atoms with Gasteiger partial charge in [-0.05, 0) is 75.2 Å². The number of thiazole rings is 2. The molecule has 60 heavy (non-hydrogen) atoms. The zero-order valence-corrected chi connectivity index (χ0v) is 36.1. The van der Waals surface area contributed by atoms with Crippen LogP contribution in [0, 0.1) is 45.9 Å². The number of aldehydes is 1. The second-order valence-corrected chi connectivity index (χ2v) is 17.4. The third-order valence-electron chi connectivity index (χ3n) is 8.23. The zero-order chi connectivity index (χ0) is 43.7. The van der Waals surface area contributed by atoms with E-state index in [2.05, 4.69) is 14.8 Å². The van der Waals surface area contributed by atoms with Gasteiger partial charge in [-0.3, -0.25) is 4.79 Å². The molecule has 6 rings (SSSR count). The topological polar surface area (TPSA) is 47.2 Å². The normalized spacial score (nSPS) is 11.1. The Morgan fingerprint density at radius 2 is 1.10 bits per heavy atom. The van der Waals surface area contributed by atoms with E-state index in [1.54, 1.807) is 35.7 Å². The standard InChI is InChI=1S/C20H14F4N2S2.C20H15F4NOS2.CH2Cl2.CH4/c1-11-8-14(5-7-17(11)25-3)27-10-18-12(2)26-19(28-18)13-4-6-15(16(21)9-13)20(22,23)24;1-11-7-15(5-3-14(11)9-26)27-10-18-12(2)25-19(28-18)13-4-6-16(17(21)8-13)20(22,23)24;2-1-3;/h4-9H,10H2,1-2H3;3-9H,10H2,1-2H3;1H2;1H4. The van der Waals surface area contributed by atoms with E-state index in [-0.39, 0.29) is 12.8 Å². The Labute approximate surface area is 369 Å². The number of thioether (sulfide) groups is 2. The molecule has 0 aliphatic heterocycles.